The maximum atomic E-state index is 5.46. The molecule has 0 aromatic rings. The maximum Gasteiger partial charge on any atom is 0.217 e. The number of nitrogens with zero attached hydrogens (tertiary/aromatic N) is 2. The van der Waals surface area contributed by atoms with E-state index in [1.54, 1.807) is 0 Å². The molecule has 0 fully saturated rings. The Hall–Kier alpha value is -1.06. The van der Waals surface area contributed by atoms with Crippen molar-refractivity contribution in [3.8, 4) is 0 Å². The number of amidine groups is 1. The highest BCUT2D eigenvalue weighted by molar-refractivity contribution is 5.97. The largest absolute Gasteiger partial charge is 0.387 e. The number of guanidine groups is 1. The topological polar surface area (TPSA) is 76.8 Å². The Balaban J connectivity index is 2.74. The minimum atomic E-state index is 0.247. The van der Waals surface area contributed by atoms with E-state index in [4.69, 9.17) is 11.5 Å². The molecule has 1 atom stereocenters. The van der Waals surface area contributed by atoms with Crippen molar-refractivity contribution in [1.82, 2.24) is 0 Å². The molecule has 0 radical (unpaired) electrons. The zero-order valence-electron chi connectivity index (χ0n) is 5.33. The molecule has 0 aromatic heterocycles. The van der Waals surface area contributed by atoms with Gasteiger partial charge in [-0.2, -0.15) is 0 Å². The van der Waals surface area contributed by atoms with Crippen LogP contribution < -0.4 is 11.5 Å². The lowest BCUT2D eigenvalue weighted by Gasteiger charge is -2.11. The first kappa shape index (κ1) is 6.07. The van der Waals surface area contributed by atoms with Crippen LogP contribution in [0.3, 0.4) is 0 Å². The lowest BCUT2D eigenvalue weighted by Crippen LogP contribution is -2.31. The van der Waals surface area contributed by atoms with Crippen LogP contribution >= 0.6 is 0 Å². The highest BCUT2D eigenvalue weighted by Crippen LogP contribution is 2.00. The molecule has 9 heavy (non-hydrogen) atoms. The Kier molecular flexibility index (Phi) is 1.38. The first-order chi connectivity index (χ1) is 4.20. The quantitative estimate of drug-likeness (QED) is 0.450. The van der Waals surface area contributed by atoms with Gasteiger partial charge in [-0.25, -0.2) is 4.99 Å². The van der Waals surface area contributed by atoms with Gasteiger partial charge in [-0.1, -0.05) is 6.92 Å². The SMILES string of the molecule is CC1CN=C(N)N=C1N. The fourth-order valence-electron chi connectivity index (χ4n) is 0.602. The fraction of sp³-hybridized carbons (Fsp3) is 0.600. The summed E-state index contributed by atoms with van der Waals surface area (Å²) >= 11 is 0. The zero-order chi connectivity index (χ0) is 6.85. The van der Waals surface area contributed by atoms with E-state index >= 15 is 0 Å². The molecule has 0 saturated heterocycles. The lowest BCUT2D eigenvalue weighted by atomic mass is 10.1. The van der Waals surface area contributed by atoms with Crippen LogP contribution in [0.15, 0.2) is 9.98 Å². The zero-order valence-corrected chi connectivity index (χ0v) is 5.33. The number of hydrogen-bond donors (Lipinski definition) is 2. The second-order valence-corrected chi connectivity index (χ2v) is 2.14. The Bertz CT molecular complexity index is 170. The molecule has 4 N–H and O–H groups in total. The number of nitrogens with two attached hydrogens (primary N) is 2. The van der Waals surface area contributed by atoms with Gasteiger partial charge in [0.25, 0.3) is 0 Å². The molecule has 0 saturated carbocycles. The van der Waals surface area contributed by atoms with Gasteiger partial charge >= 0.3 is 0 Å². The third kappa shape index (κ3) is 1.19. The summed E-state index contributed by atoms with van der Waals surface area (Å²) in [6.07, 6.45) is 0. The van der Waals surface area contributed by atoms with Crippen molar-refractivity contribution in [3.63, 3.8) is 0 Å². The molecule has 0 bridgehead atoms. The summed E-state index contributed by atoms with van der Waals surface area (Å²) in [7, 11) is 0. The molecule has 4 heteroatoms. The number of hydrogen-bond acceptors (Lipinski definition) is 4. The first-order valence-electron chi connectivity index (χ1n) is 2.84. The van der Waals surface area contributed by atoms with Crippen molar-refractivity contribution in [2.75, 3.05) is 6.54 Å². The van der Waals surface area contributed by atoms with Gasteiger partial charge in [0, 0.05) is 5.92 Å². The molecule has 0 aromatic carbocycles. The smallest absolute Gasteiger partial charge is 0.217 e. The number of rotatable bonds is 0. The van der Waals surface area contributed by atoms with Crippen molar-refractivity contribution in [3.05, 3.63) is 0 Å². The van der Waals surface area contributed by atoms with E-state index in [0.29, 0.717) is 18.3 Å². The average Bonchev–Trinajstić information content (AvgIpc) is 1.80. The van der Waals surface area contributed by atoms with Gasteiger partial charge in [-0.3, -0.25) is 4.99 Å². The summed E-state index contributed by atoms with van der Waals surface area (Å²) in [5.74, 6) is 1.13. The van der Waals surface area contributed by atoms with Crippen molar-refractivity contribution in [1.29, 1.82) is 0 Å². The van der Waals surface area contributed by atoms with Gasteiger partial charge in [0.2, 0.25) is 5.96 Å². The van der Waals surface area contributed by atoms with E-state index in [1.807, 2.05) is 6.92 Å². The van der Waals surface area contributed by atoms with Crippen LogP contribution in [0.25, 0.3) is 0 Å². The van der Waals surface area contributed by atoms with Gasteiger partial charge in [0.05, 0.1) is 6.54 Å². The minimum Gasteiger partial charge on any atom is -0.387 e. The molecule has 0 amide bonds. The standard InChI is InChI=1S/C5H10N4/c1-3-2-8-5(7)9-4(3)6/h3H,2H2,1H3,(H4,6,7,8,9). The van der Waals surface area contributed by atoms with Gasteiger partial charge in [0.1, 0.15) is 5.84 Å². The monoisotopic (exact) mass is 126 g/mol. The molecule has 1 unspecified atom stereocenters. The maximum absolute atomic E-state index is 5.46. The molecule has 0 aliphatic carbocycles. The van der Waals surface area contributed by atoms with Crippen molar-refractivity contribution >= 4 is 11.8 Å². The predicted octanol–water partition coefficient (Wildman–Crippen LogP) is -0.692. The molecule has 1 aliphatic rings. The van der Waals surface area contributed by atoms with Gasteiger partial charge < -0.3 is 11.5 Å². The van der Waals surface area contributed by atoms with Crippen LogP contribution in [0.4, 0.5) is 0 Å². The van der Waals surface area contributed by atoms with Gasteiger partial charge in [0.15, 0.2) is 0 Å². The van der Waals surface area contributed by atoms with E-state index in [0.717, 1.165) is 0 Å². The summed E-state index contributed by atoms with van der Waals surface area (Å²) < 4.78 is 0. The molecule has 1 rings (SSSR count). The summed E-state index contributed by atoms with van der Waals surface area (Å²) in [5.41, 5.74) is 10.7. The first-order valence-corrected chi connectivity index (χ1v) is 2.84. The molecule has 0 spiro atoms. The summed E-state index contributed by atoms with van der Waals surface area (Å²) in [6, 6.07) is 0. The number of aliphatic imine (C=N–C) groups is 2. The van der Waals surface area contributed by atoms with Crippen LogP contribution in [0.1, 0.15) is 6.92 Å². The minimum absolute atomic E-state index is 0.247. The summed E-state index contributed by atoms with van der Waals surface area (Å²) in [5, 5.41) is 0. The average molecular weight is 126 g/mol. The highest BCUT2D eigenvalue weighted by Gasteiger charge is 2.10. The highest BCUT2D eigenvalue weighted by atomic mass is 15.1. The fourth-order valence-corrected chi connectivity index (χ4v) is 0.602. The second-order valence-electron chi connectivity index (χ2n) is 2.14. The van der Waals surface area contributed by atoms with E-state index in [1.165, 1.54) is 0 Å². The summed E-state index contributed by atoms with van der Waals surface area (Å²) in [4.78, 5) is 7.67. The Morgan fingerprint density at radius 2 is 2.22 bits per heavy atom. The van der Waals surface area contributed by atoms with E-state index < -0.39 is 0 Å². The molecular weight excluding hydrogens is 116 g/mol. The van der Waals surface area contributed by atoms with Crippen LogP contribution in [0, 0.1) is 5.92 Å². The van der Waals surface area contributed by atoms with E-state index in [-0.39, 0.29) is 5.92 Å². The van der Waals surface area contributed by atoms with Crippen LogP contribution in [0.2, 0.25) is 0 Å². The molecule has 1 heterocycles. The Labute approximate surface area is 53.7 Å². The van der Waals surface area contributed by atoms with Crippen molar-refractivity contribution in [2.24, 2.45) is 27.4 Å². The molecule has 1 aliphatic heterocycles. The van der Waals surface area contributed by atoms with Crippen molar-refractivity contribution < 1.29 is 0 Å². The molecule has 50 valence electrons. The Morgan fingerprint density at radius 3 is 2.67 bits per heavy atom. The van der Waals surface area contributed by atoms with Crippen LogP contribution in [0.5, 0.6) is 0 Å². The Morgan fingerprint density at radius 1 is 1.56 bits per heavy atom. The van der Waals surface area contributed by atoms with Gasteiger partial charge in [-0.15, -0.1) is 0 Å². The van der Waals surface area contributed by atoms with E-state index in [9.17, 15) is 0 Å². The third-order valence-electron chi connectivity index (χ3n) is 1.28. The van der Waals surface area contributed by atoms with Crippen LogP contribution in [-0.2, 0) is 0 Å². The van der Waals surface area contributed by atoms with Crippen molar-refractivity contribution in [2.45, 2.75) is 6.92 Å². The summed E-state index contributed by atoms with van der Waals surface area (Å²) in [6.45, 7) is 2.63. The third-order valence-corrected chi connectivity index (χ3v) is 1.28. The van der Waals surface area contributed by atoms with Crippen LogP contribution in [-0.4, -0.2) is 18.3 Å². The molecule has 4 nitrogen and oxygen atoms in total. The lowest BCUT2D eigenvalue weighted by molar-refractivity contribution is 0.762. The van der Waals surface area contributed by atoms with Gasteiger partial charge in [-0.05, 0) is 0 Å². The molecular formula is C5H10N4. The van der Waals surface area contributed by atoms with E-state index in [2.05, 4.69) is 9.98 Å². The predicted molar refractivity (Wildman–Crippen MR) is 37.3 cm³/mol. The normalized spacial score (nSPS) is 27.0. The second kappa shape index (κ2) is 2.05.